The number of nitrogens with zero attached hydrogens (tertiary/aromatic N) is 2. The van der Waals surface area contributed by atoms with Gasteiger partial charge in [-0.2, -0.15) is 0 Å². The molecular weight excluding hydrogens is 536 g/mol. The SMILES string of the molecule is CCNC(=O)Nc1sc2ccccc2c1C(=O)N1CCC(S(=O)(=O)c2cccc(CN3CCOCC3)c2)CC1. The molecule has 1 aromatic heterocycles. The molecule has 0 saturated carbocycles. The Labute approximate surface area is 233 Å². The lowest BCUT2D eigenvalue weighted by atomic mass is 10.1. The molecule has 2 saturated heterocycles. The van der Waals surface area contributed by atoms with Crippen LogP contribution in [0.15, 0.2) is 53.4 Å². The van der Waals surface area contributed by atoms with Crippen molar-refractivity contribution < 1.29 is 22.7 Å². The first kappa shape index (κ1) is 27.6. The Balaban J connectivity index is 1.29. The van der Waals surface area contributed by atoms with Crippen molar-refractivity contribution in [2.75, 3.05) is 51.3 Å². The number of ether oxygens (including phenoxy) is 1. The summed E-state index contributed by atoms with van der Waals surface area (Å²) in [7, 11) is -3.54. The highest BCUT2D eigenvalue weighted by Crippen LogP contribution is 2.37. The van der Waals surface area contributed by atoms with Gasteiger partial charge in [0, 0.05) is 49.4 Å². The van der Waals surface area contributed by atoms with Gasteiger partial charge in [-0.05, 0) is 43.5 Å². The Hall–Kier alpha value is -2.99. The van der Waals surface area contributed by atoms with Gasteiger partial charge in [0.05, 0.1) is 28.9 Å². The number of hydrogen-bond donors (Lipinski definition) is 2. The van der Waals surface area contributed by atoms with Crippen LogP contribution >= 0.6 is 11.3 Å². The lowest BCUT2D eigenvalue weighted by molar-refractivity contribution is 0.0341. The van der Waals surface area contributed by atoms with Gasteiger partial charge in [-0.25, -0.2) is 13.2 Å². The second kappa shape index (κ2) is 12.0. The number of nitrogens with one attached hydrogen (secondary N) is 2. The molecule has 2 aliphatic heterocycles. The summed E-state index contributed by atoms with van der Waals surface area (Å²) in [5, 5.41) is 6.26. The topological polar surface area (TPSA) is 108 Å². The Bertz CT molecular complexity index is 1440. The van der Waals surface area contributed by atoms with E-state index in [0.29, 0.717) is 67.7 Å². The Kier molecular flexibility index (Phi) is 8.51. The first-order valence-electron chi connectivity index (χ1n) is 13.4. The van der Waals surface area contributed by atoms with E-state index in [2.05, 4.69) is 15.5 Å². The van der Waals surface area contributed by atoms with Gasteiger partial charge in [0.1, 0.15) is 5.00 Å². The molecule has 11 heteroatoms. The zero-order valence-electron chi connectivity index (χ0n) is 22.0. The van der Waals surface area contributed by atoms with Gasteiger partial charge in [0.2, 0.25) is 0 Å². The summed E-state index contributed by atoms with van der Waals surface area (Å²) < 4.78 is 33.4. The lowest BCUT2D eigenvalue weighted by Gasteiger charge is -2.32. The van der Waals surface area contributed by atoms with E-state index in [9.17, 15) is 18.0 Å². The molecule has 39 heavy (non-hydrogen) atoms. The molecule has 0 bridgehead atoms. The lowest BCUT2D eigenvalue weighted by Crippen LogP contribution is -2.42. The summed E-state index contributed by atoms with van der Waals surface area (Å²) in [6.07, 6.45) is 0.728. The predicted octanol–water partition coefficient (Wildman–Crippen LogP) is 3.95. The second-order valence-corrected chi connectivity index (χ2v) is 13.1. The number of carbonyl (C=O) groups is 2. The number of carbonyl (C=O) groups excluding carboxylic acids is 2. The van der Waals surface area contributed by atoms with Gasteiger partial charge in [0.25, 0.3) is 5.91 Å². The number of sulfone groups is 1. The zero-order valence-corrected chi connectivity index (χ0v) is 23.7. The highest BCUT2D eigenvalue weighted by Gasteiger charge is 2.34. The Morgan fingerprint density at radius 3 is 2.51 bits per heavy atom. The fourth-order valence-corrected chi connectivity index (χ4v) is 8.10. The highest BCUT2D eigenvalue weighted by molar-refractivity contribution is 7.92. The third-order valence-corrected chi connectivity index (χ3v) is 10.6. The minimum absolute atomic E-state index is 0.192. The quantitative estimate of drug-likeness (QED) is 0.445. The number of rotatable bonds is 7. The van der Waals surface area contributed by atoms with Gasteiger partial charge in [0.15, 0.2) is 9.84 Å². The van der Waals surface area contributed by atoms with Gasteiger partial charge >= 0.3 is 6.03 Å². The molecule has 9 nitrogen and oxygen atoms in total. The van der Waals surface area contributed by atoms with Crippen molar-refractivity contribution in [1.82, 2.24) is 15.1 Å². The molecule has 208 valence electrons. The molecule has 0 spiro atoms. The van der Waals surface area contributed by atoms with E-state index in [-0.39, 0.29) is 11.9 Å². The second-order valence-electron chi connectivity index (χ2n) is 9.86. The number of benzene rings is 2. The van der Waals surface area contributed by atoms with Crippen LogP contribution in [0.25, 0.3) is 10.1 Å². The number of piperidine rings is 1. The first-order valence-corrected chi connectivity index (χ1v) is 15.7. The smallest absolute Gasteiger partial charge is 0.319 e. The third-order valence-electron chi connectivity index (χ3n) is 7.28. The van der Waals surface area contributed by atoms with Crippen molar-refractivity contribution in [2.24, 2.45) is 0 Å². The summed E-state index contributed by atoms with van der Waals surface area (Å²) in [6, 6.07) is 14.4. The molecule has 2 N–H and O–H groups in total. The van der Waals surface area contributed by atoms with Crippen LogP contribution in [-0.2, 0) is 21.1 Å². The van der Waals surface area contributed by atoms with Gasteiger partial charge in [-0.3, -0.25) is 15.0 Å². The van der Waals surface area contributed by atoms with E-state index < -0.39 is 15.1 Å². The van der Waals surface area contributed by atoms with E-state index in [4.69, 9.17) is 4.74 Å². The van der Waals surface area contributed by atoms with Crippen LogP contribution in [0, 0.1) is 0 Å². The minimum Gasteiger partial charge on any atom is -0.379 e. The summed E-state index contributed by atoms with van der Waals surface area (Å²) in [4.78, 5) is 30.3. The number of urea groups is 1. The molecule has 0 radical (unpaired) electrons. The van der Waals surface area contributed by atoms with E-state index >= 15 is 0 Å². The van der Waals surface area contributed by atoms with E-state index in [1.165, 1.54) is 11.3 Å². The average Bonchev–Trinajstić information content (AvgIpc) is 3.31. The standard InChI is InChI=1S/C28H34N4O5S2/c1-2-29-28(34)30-26-25(23-8-3-4-9-24(23)38-26)27(33)32-12-10-21(11-13-32)39(35,36)22-7-5-6-20(18-22)19-31-14-16-37-17-15-31/h3-9,18,21H,2,10-17,19H2,1H3,(H2,29,30,34). The fourth-order valence-electron chi connectivity index (χ4n) is 5.21. The number of likely N-dealkylation sites (tertiary alicyclic amines) is 1. The molecule has 3 amide bonds. The molecule has 5 rings (SSSR count). The van der Waals surface area contributed by atoms with Crippen LogP contribution < -0.4 is 10.6 Å². The Morgan fingerprint density at radius 2 is 1.77 bits per heavy atom. The van der Waals surface area contributed by atoms with Crippen molar-refractivity contribution in [3.8, 4) is 0 Å². The number of morpholine rings is 1. The summed E-state index contributed by atoms with van der Waals surface area (Å²) in [5.74, 6) is -0.192. The van der Waals surface area contributed by atoms with Gasteiger partial charge in [-0.1, -0.05) is 30.3 Å². The molecule has 0 atom stereocenters. The van der Waals surface area contributed by atoms with Crippen LogP contribution in [0.3, 0.4) is 0 Å². The maximum Gasteiger partial charge on any atom is 0.319 e. The maximum atomic E-state index is 13.7. The number of hydrogen-bond acceptors (Lipinski definition) is 7. The highest BCUT2D eigenvalue weighted by atomic mass is 32.2. The number of anilines is 1. The molecule has 0 aliphatic carbocycles. The van der Waals surface area contributed by atoms with Crippen molar-refractivity contribution in [2.45, 2.75) is 36.5 Å². The molecule has 2 aromatic carbocycles. The Morgan fingerprint density at radius 1 is 1.03 bits per heavy atom. The summed E-state index contributed by atoms with van der Waals surface area (Å²) in [6.45, 7) is 6.73. The normalized spacial score (nSPS) is 17.3. The molecular formula is C28H34N4O5S2. The van der Waals surface area contributed by atoms with Crippen LogP contribution in [0.4, 0.5) is 9.80 Å². The van der Waals surface area contributed by atoms with E-state index in [0.717, 1.165) is 28.7 Å². The van der Waals surface area contributed by atoms with Gasteiger partial charge in [-0.15, -0.1) is 11.3 Å². The fraction of sp³-hybridized carbons (Fsp3) is 0.429. The van der Waals surface area contributed by atoms with Crippen molar-refractivity contribution >= 4 is 48.2 Å². The maximum absolute atomic E-state index is 13.7. The van der Waals surface area contributed by atoms with Crippen LogP contribution in [0.5, 0.6) is 0 Å². The van der Waals surface area contributed by atoms with Crippen LogP contribution in [-0.4, -0.2) is 81.3 Å². The van der Waals surface area contributed by atoms with Gasteiger partial charge < -0.3 is 15.0 Å². The van der Waals surface area contributed by atoms with E-state index in [1.807, 2.05) is 43.3 Å². The van der Waals surface area contributed by atoms with Crippen LogP contribution in [0.2, 0.25) is 0 Å². The van der Waals surface area contributed by atoms with Crippen molar-refractivity contribution in [1.29, 1.82) is 0 Å². The molecule has 2 aliphatic rings. The molecule has 0 unspecified atom stereocenters. The van der Waals surface area contributed by atoms with Crippen molar-refractivity contribution in [3.63, 3.8) is 0 Å². The largest absolute Gasteiger partial charge is 0.379 e. The molecule has 3 aromatic rings. The molecule has 3 heterocycles. The number of amides is 3. The monoisotopic (exact) mass is 570 g/mol. The summed E-state index contributed by atoms with van der Waals surface area (Å²) in [5.41, 5.74) is 1.43. The first-order chi connectivity index (χ1) is 18.9. The minimum atomic E-state index is -3.54. The van der Waals surface area contributed by atoms with Crippen LogP contribution in [0.1, 0.15) is 35.7 Å². The van der Waals surface area contributed by atoms with Crippen molar-refractivity contribution in [3.05, 3.63) is 59.7 Å². The number of fused-ring (bicyclic) bond motifs is 1. The predicted molar refractivity (Wildman–Crippen MR) is 153 cm³/mol. The average molecular weight is 571 g/mol. The number of thiophene rings is 1. The molecule has 2 fully saturated rings. The zero-order chi connectivity index (χ0) is 27.4. The van der Waals surface area contributed by atoms with E-state index in [1.54, 1.807) is 17.0 Å². The third kappa shape index (κ3) is 6.11. The summed E-state index contributed by atoms with van der Waals surface area (Å²) >= 11 is 1.36.